The maximum Gasteiger partial charge on any atom is 0.337 e. The van der Waals surface area contributed by atoms with E-state index in [1.54, 1.807) is 35.0 Å². The molecule has 2 N–H and O–H groups in total. The third-order valence-corrected chi connectivity index (χ3v) is 6.64. The Morgan fingerprint density at radius 3 is 2.77 bits per heavy atom. The summed E-state index contributed by atoms with van der Waals surface area (Å²) in [5, 5.41) is 17.9. The number of para-hydroxylation sites is 1. The first-order chi connectivity index (χ1) is 16.8. The summed E-state index contributed by atoms with van der Waals surface area (Å²) in [6, 6.07) is 13.9. The van der Waals surface area contributed by atoms with Gasteiger partial charge in [0.2, 0.25) is 0 Å². The first-order valence-corrected chi connectivity index (χ1v) is 11.7. The highest BCUT2D eigenvalue weighted by atomic mass is 16.4. The Morgan fingerprint density at radius 1 is 1.23 bits per heavy atom. The predicted octanol–water partition coefficient (Wildman–Crippen LogP) is 4.70. The fourth-order valence-corrected chi connectivity index (χ4v) is 4.86. The van der Waals surface area contributed by atoms with E-state index in [1.807, 2.05) is 45.3 Å². The number of rotatable bonds is 6. The molecule has 8 nitrogen and oxygen atoms in total. The molecule has 1 aliphatic rings. The summed E-state index contributed by atoms with van der Waals surface area (Å²) in [7, 11) is 1.91. The number of aromatic carboxylic acids is 1. The lowest BCUT2D eigenvalue weighted by atomic mass is 10.0. The third kappa shape index (κ3) is 4.39. The Kier molecular flexibility index (Phi) is 5.80. The normalized spacial score (nSPS) is 16.5. The Balaban J connectivity index is 1.51. The van der Waals surface area contributed by atoms with Crippen LogP contribution in [0, 0.1) is 6.92 Å². The van der Waals surface area contributed by atoms with Crippen molar-refractivity contribution in [2.75, 3.05) is 23.3 Å². The molecule has 0 spiro atoms. The van der Waals surface area contributed by atoms with Crippen molar-refractivity contribution >= 4 is 28.5 Å². The molecule has 0 aliphatic carbocycles. The predicted molar refractivity (Wildman–Crippen MR) is 135 cm³/mol. The first kappa shape index (κ1) is 22.7. The van der Waals surface area contributed by atoms with Crippen molar-refractivity contribution < 1.29 is 14.3 Å². The van der Waals surface area contributed by atoms with Crippen LogP contribution in [0.15, 0.2) is 63.9 Å². The Hall–Kier alpha value is -4.07. The largest absolute Gasteiger partial charge is 0.478 e. The summed E-state index contributed by atoms with van der Waals surface area (Å²) < 4.78 is 8.19. The zero-order chi connectivity index (χ0) is 24.7. The van der Waals surface area contributed by atoms with Crippen molar-refractivity contribution in [3.63, 3.8) is 0 Å². The number of fused-ring (bicyclic) bond motifs is 1. The number of nitrogens with one attached hydrogen (secondary N) is 1. The van der Waals surface area contributed by atoms with E-state index in [0.29, 0.717) is 22.5 Å². The summed E-state index contributed by atoms with van der Waals surface area (Å²) in [6.07, 6.45) is 2.88. The Morgan fingerprint density at radius 2 is 2.03 bits per heavy atom. The molecule has 0 radical (unpaired) electrons. The van der Waals surface area contributed by atoms with Gasteiger partial charge in [-0.3, -0.25) is 9.48 Å². The minimum absolute atomic E-state index is 0.0920. The topological polar surface area (TPSA) is 101 Å². The van der Waals surface area contributed by atoms with Crippen LogP contribution in [-0.4, -0.2) is 33.9 Å². The minimum atomic E-state index is -1.00. The second kappa shape index (κ2) is 8.94. The summed E-state index contributed by atoms with van der Waals surface area (Å²) >= 11 is 0. The number of carbonyl (C=O) groups is 1. The van der Waals surface area contributed by atoms with Crippen LogP contribution in [0.4, 0.5) is 11.6 Å². The molecule has 35 heavy (non-hydrogen) atoms. The molecular weight excluding hydrogens is 444 g/mol. The highest BCUT2D eigenvalue weighted by molar-refractivity contribution is 5.94. The highest BCUT2D eigenvalue weighted by Gasteiger charge is 2.28. The SMILES string of the molecule is Cc1cc(C(C)Nc2ccccc2C(=O)O)c2oc(N3CCC(c4ccn(C)n4)C3)cc(=O)c2c1. The molecule has 0 amide bonds. The second-order valence-corrected chi connectivity index (χ2v) is 9.24. The van der Waals surface area contributed by atoms with Gasteiger partial charge in [-0.05, 0) is 50.1 Å². The van der Waals surface area contributed by atoms with Crippen LogP contribution in [0.1, 0.15) is 52.5 Å². The van der Waals surface area contributed by atoms with Crippen molar-refractivity contribution in [2.45, 2.75) is 32.2 Å². The standard InChI is InChI=1S/C27H28N4O4/c1-16-12-20(17(2)28-23-7-5-4-6-19(23)27(33)34)26-21(13-16)24(32)14-25(35-26)31-11-8-18(15-31)22-9-10-30(3)29-22/h4-7,9-10,12-14,17-18,28H,8,11,15H2,1-3H3,(H,33,34). The number of hydrogen-bond donors (Lipinski definition) is 2. The van der Waals surface area contributed by atoms with Gasteiger partial charge in [0.1, 0.15) is 5.58 Å². The van der Waals surface area contributed by atoms with Crippen LogP contribution in [0.5, 0.6) is 0 Å². The molecule has 0 saturated carbocycles. The fraction of sp³-hybridized carbons (Fsp3) is 0.296. The lowest BCUT2D eigenvalue weighted by Crippen LogP contribution is -2.21. The smallest absolute Gasteiger partial charge is 0.337 e. The molecule has 8 heteroatoms. The Labute approximate surface area is 202 Å². The summed E-state index contributed by atoms with van der Waals surface area (Å²) in [5.41, 5.74) is 3.92. The van der Waals surface area contributed by atoms with E-state index < -0.39 is 5.97 Å². The Bertz CT molecular complexity index is 1470. The van der Waals surface area contributed by atoms with Crippen molar-refractivity contribution in [2.24, 2.45) is 7.05 Å². The van der Waals surface area contributed by atoms with Gasteiger partial charge in [0.05, 0.1) is 22.7 Å². The second-order valence-electron chi connectivity index (χ2n) is 9.24. The molecule has 1 aliphatic heterocycles. The number of carboxylic acids is 1. The van der Waals surface area contributed by atoms with Gasteiger partial charge in [0.25, 0.3) is 0 Å². The molecule has 2 aromatic heterocycles. The van der Waals surface area contributed by atoms with Crippen LogP contribution in [0.3, 0.4) is 0 Å². The van der Waals surface area contributed by atoms with Gasteiger partial charge in [-0.15, -0.1) is 0 Å². The number of aromatic nitrogens is 2. The van der Waals surface area contributed by atoms with E-state index in [2.05, 4.69) is 15.3 Å². The van der Waals surface area contributed by atoms with E-state index in [-0.39, 0.29) is 23.0 Å². The molecule has 1 saturated heterocycles. The van der Waals surface area contributed by atoms with Crippen LogP contribution >= 0.6 is 0 Å². The van der Waals surface area contributed by atoms with Gasteiger partial charge in [-0.25, -0.2) is 4.79 Å². The number of hydrogen-bond acceptors (Lipinski definition) is 6. The lowest BCUT2D eigenvalue weighted by molar-refractivity contribution is 0.0698. The fourth-order valence-electron chi connectivity index (χ4n) is 4.86. The molecule has 3 heterocycles. The third-order valence-electron chi connectivity index (χ3n) is 6.64. The summed E-state index contributed by atoms with van der Waals surface area (Å²) in [5.74, 6) is -0.174. The average molecular weight is 473 g/mol. The first-order valence-electron chi connectivity index (χ1n) is 11.7. The highest BCUT2D eigenvalue weighted by Crippen LogP contribution is 2.34. The van der Waals surface area contributed by atoms with Crippen LogP contribution in [0.2, 0.25) is 0 Å². The van der Waals surface area contributed by atoms with E-state index in [1.165, 1.54) is 0 Å². The van der Waals surface area contributed by atoms with E-state index in [0.717, 1.165) is 36.3 Å². The number of anilines is 2. The van der Waals surface area contributed by atoms with Crippen molar-refractivity contribution in [1.29, 1.82) is 0 Å². The van der Waals surface area contributed by atoms with Crippen LogP contribution in [0.25, 0.3) is 11.0 Å². The molecule has 4 aromatic rings. The molecular formula is C27H28N4O4. The zero-order valence-corrected chi connectivity index (χ0v) is 20.0. The quantitative estimate of drug-likeness (QED) is 0.419. The number of carboxylic acid groups (broad SMARTS) is 1. The van der Waals surface area contributed by atoms with E-state index in [9.17, 15) is 14.7 Å². The molecule has 2 aromatic carbocycles. The number of nitrogens with zero attached hydrogens (tertiary/aromatic N) is 3. The number of aryl methyl sites for hydroxylation is 2. The molecule has 2 atom stereocenters. The summed E-state index contributed by atoms with van der Waals surface area (Å²) in [6.45, 7) is 5.38. The molecule has 180 valence electrons. The maximum absolute atomic E-state index is 13.1. The van der Waals surface area contributed by atoms with Crippen molar-refractivity contribution in [1.82, 2.24) is 9.78 Å². The average Bonchev–Trinajstić information content (AvgIpc) is 3.48. The van der Waals surface area contributed by atoms with Gasteiger partial charge in [-0.1, -0.05) is 18.2 Å². The van der Waals surface area contributed by atoms with Gasteiger partial charge in [0.15, 0.2) is 11.3 Å². The van der Waals surface area contributed by atoms with Gasteiger partial charge in [-0.2, -0.15) is 5.10 Å². The lowest BCUT2D eigenvalue weighted by Gasteiger charge is -2.21. The summed E-state index contributed by atoms with van der Waals surface area (Å²) in [4.78, 5) is 26.9. The van der Waals surface area contributed by atoms with Crippen molar-refractivity contribution in [3.8, 4) is 0 Å². The zero-order valence-electron chi connectivity index (χ0n) is 20.0. The van der Waals surface area contributed by atoms with Crippen molar-refractivity contribution in [3.05, 3.63) is 87.3 Å². The van der Waals surface area contributed by atoms with E-state index >= 15 is 0 Å². The van der Waals surface area contributed by atoms with Gasteiger partial charge >= 0.3 is 5.97 Å². The van der Waals surface area contributed by atoms with Gasteiger partial charge < -0.3 is 19.7 Å². The number of benzene rings is 2. The van der Waals surface area contributed by atoms with Gasteiger partial charge in [0, 0.05) is 49.6 Å². The monoisotopic (exact) mass is 472 g/mol. The molecule has 1 fully saturated rings. The molecule has 2 unspecified atom stereocenters. The molecule has 0 bridgehead atoms. The van der Waals surface area contributed by atoms with Crippen LogP contribution in [-0.2, 0) is 7.05 Å². The maximum atomic E-state index is 13.1. The molecule has 5 rings (SSSR count). The van der Waals surface area contributed by atoms with E-state index in [4.69, 9.17) is 4.42 Å². The minimum Gasteiger partial charge on any atom is -0.478 e. The van der Waals surface area contributed by atoms with Crippen LogP contribution < -0.4 is 15.6 Å².